The molecule has 4 atom stereocenters. The van der Waals surface area contributed by atoms with Crippen LogP contribution in [-0.4, -0.2) is 89.8 Å². The first kappa shape index (κ1) is 38.0. The van der Waals surface area contributed by atoms with Crippen LogP contribution in [0.2, 0.25) is 0 Å². The van der Waals surface area contributed by atoms with Crippen molar-refractivity contribution in [3.05, 3.63) is 12.2 Å². The van der Waals surface area contributed by atoms with E-state index in [9.17, 15) is 19.2 Å². The van der Waals surface area contributed by atoms with E-state index in [1.54, 1.807) is 21.0 Å². The monoisotopic (exact) mass is 615 g/mol. The topological polar surface area (TPSA) is 163 Å². The molecule has 0 aromatic carbocycles. The number of esters is 1. The summed E-state index contributed by atoms with van der Waals surface area (Å²) in [6, 6.07) is 0. The van der Waals surface area contributed by atoms with E-state index in [0.29, 0.717) is 19.3 Å². The molecule has 1 aliphatic rings. The molecular weight excluding hydrogens is 562 g/mol. The number of rotatable bonds is 22. The highest BCUT2D eigenvalue weighted by Crippen LogP contribution is 2.31. The number of carbonyl (C=O) groups is 4. The van der Waals surface area contributed by atoms with Crippen LogP contribution in [-0.2, 0) is 33.2 Å². The maximum Gasteiger partial charge on any atom is 0.408 e. The summed E-state index contributed by atoms with van der Waals surface area (Å²) in [6.07, 6.45) is 9.87. The fourth-order valence-electron chi connectivity index (χ4n) is 4.22. The standard InChI is InChI=1S/C30H53N3O10/c1-7-22-24(42-22)18-25(23(38-5)16-14-12-10-8-9-11-13-15-17-26(34)39-6)43-29(37)33-21-32-28(36)41-20-30(2,3)19-40-27(35)31-4/h12,14,22-25H,7-11,13,15-21H2,1-6H3,(H,31,35)(H,32,36)(H,33,37). The minimum absolute atomic E-state index is 0.00240. The highest BCUT2D eigenvalue weighted by atomic mass is 16.6. The van der Waals surface area contributed by atoms with Crippen LogP contribution in [0.3, 0.4) is 0 Å². The number of carbonyl (C=O) groups excluding carboxylic acids is 4. The Morgan fingerprint density at radius 2 is 1.51 bits per heavy atom. The Morgan fingerprint density at radius 3 is 2.14 bits per heavy atom. The molecule has 3 amide bonds. The number of hydrogen-bond acceptors (Lipinski definition) is 10. The molecule has 4 unspecified atom stereocenters. The fourth-order valence-corrected chi connectivity index (χ4v) is 4.22. The lowest BCUT2D eigenvalue weighted by Gasteiger charge is -2.25. The van der Waals surface area contributed by atoms with Crippen molar-refractivity contribution in [3.8, 4) is 0 Å². The van der Waals surface area contributed by atoms with Crippen molar-refractivity contribution in [2.45, 2.75) is 109 Å². The smallest absolute Gasteiger partial charge is 0.408 e. The van der Waals surface area contributed by atoms with Crippen molar-refractivity contribution in [1.82, 2.24) is 16.0 Å². The first-order valence-corrected chi connectivity index (χ1v) is 15.1. The second-order valence-corrected chi connectivity index (χ2v) is 11.3. The molecule has 0 aromatic rings. The summed E-state index contributed by atoms with van der Waals surface area (Å²) in [7, 11) is 4.45. The first-order chi connectivity index (χ1) is 20.5. The average Bonchev–Trinajstić information content (AvgIpc) is 3.75. The van der Waals surface area contributed by atoms with Gasteiger partial charge in [0.1, 0.15) is 19.3 Å². The van der Waals surface area contributed by atoms with Crippen LogP contribution in [0.4, 0.5) is 14.4 Å². The normalized spacial score (nSPS) is 17.4. The zero-order chi connectivity index (χ0) is 32.1. The van der Waals surface area contributed by atoms with Crippen LogP contribution in [0.25, 0.3) is 0 Å². The van der Waals surface area contributed by atoms with Crippen molar-refractivity contribution in [3.63, 3.8) is 0 Å². The summed E-state index contributed by atoms with van der Waals surface area (Å²) in [5.74, 6) is -0.158. The van der Waals surface area contributed by atoms with Crippen LogP contribution in [0.5, 0.6) is 0 Å². The second-order valence-electron chi connectivity index (χ2n) is 11.3. The molecule has 43 heavy (non-hydrogen) atoms. The largest absolute Gasteiger partial charge is 0.469 e. The maximum absolute atomic E-state index is 12.6. The zero-order valence-electron chi connectivity index (χ0n) is 26.7. The number of ether oxygens (including phenoxy) is 6. The Kier molecular flexibility index (Phi) is 19.1. The summed E-state index contributed by atoms with van der Waals surface area (Å²) >= 11 is 0. The van der Waals surface area contributed by atoms with E-state index in [1.165, 1.54) is 14.2 Å². The van der Waals surface area contributed by atoms with Gasteiger partial charge in [-0.3, -0.25) is 4.79 Å². The molecule has 0 bridgehead atoms. The van der Waals surface area contributed by atoms with Gasteiger partial charge in [-0.05, 0) is 32.1 Å². The zero-order valence-corrected chi connectivity index (χ0v) is 26.7. The molecule has 0 aliphatic carbocycles. The van der Waals surface area contributed by atoms with Crippen LogP contribution >= 0.6 is 0 Å². The minimum Gasteiger partial charge on any atom is -0.469 e. The van der Waals surface area contributed by atoms with Crippen molar-refractivity contribution in [2.24, 2.45) is 5.41 Å². The van der Waals surface area contributed by atoms with Gasteiger partial charge in [-0.2, -0.15) is 0 Å². The molecule has 13 heteroatoms. The van der Waals surface area contributed by atoms with E-state index in [4.69, 9.17) is 23.7 Å². The lowest BCUT2D eigenvalue weighted by molar-refractivity contribution is -0.140. The molecule has 0 spiro atoms. The molecular formula is C30H53N3O10. The fraction of sp³-hybridized carbons (Fsp3) is 0.800. The first-order valence-electron chi connectivity index (χ1n) is 15.1. The van der Waals surface area contributed by atoms with E-state index in [-0.39, 0.29) is 44.2 Å². The molecule has 1 fully saturated rings. The number of alkyl carbamates (subject to hydrolysis) is 3. The Morgan fingerprint density at radius 1 is 0.860 bits per heavy atom. The third-order valence-electron chi connectivity index (χ3n) is 6.90. The SMILES string of the molecule is CCC1OC1CC(OC(=O)NCNC(=O)OCC(C)(C)COC(=O)NC)C(CC=CCCCCCCCC(=O)OC)OC. The van der Waals surface area contributed by atoms with E-state index < -0.39 is 29.8 Å². The molecule has 3 N–H and O–H groups in total. The number of hydrogen-bond donors (Lipinski definition) is 3. The Labute approximate surface area is 256 Å². The van der Waals surface area contributed by atoms with Gasteiger partial charge in [-0.1, -0.05) is 52.2 Å². The highest BCUT2D eigenvalue weighted by molar-refractivity contribution is 5.70. The van der Waals surface area contributed by atoms with Crippen LogP contribution in [0, 0.1) is 5.41 Å². The maximum atomic E-state index is 12.6. The average molecular weight is 616 g/mol. The third kappa shape index (κ3) is 18.3. The predicted molar refractivity (Wildman–Crippen MR) is 159 cm³/mol. The van der Waals surface area contributed by atoms with Gasteiger partial charge in [0.2, 0.25) is 0 Å². The van der Waals surface area contributed by atoms with Crippen molar-refractivity contribution in [2.75, 3.05) is 41.1 Å². The van der Waals surface area contributed by atoms with Gasteiger partial charge >= 0.3 is 24.2 Å². The number of methoxy groups -OCH3 is 2. The number of epoxide rings is 1. The Balaban J connectivity index is 2.42. The van der Waals surface area contributed by atoms with E-state index >= 15 is 0 Å². The van der Waals surface area contributed by atoms with Gasteiger partial charge in [0.25, 0.3) is 0 Å². The molecule has 0 aromatic heterocycles. The predicted octanol–water partition coefficient (Wildman–Crippen LogP) is 4.58. The quantitative estimate of drug-likeness (QED) is 0.0392. The van der Waals surface area contributed by atoms with Crippen LogP contribution in [0.1, 0.15) is 85.0 Å². The van der Waals surface area contributed by atoms with Crippen LogP contribution in [0.15, 0.2) is 12.2 Å². The van der Waals surface area contributed by atoms with Crippen molar-refractivity contribution < 1.29 is 47.6 Å². The summed E-state index contributed by atoms with van der Waals surface area (Å²) < 4.78 is 31.9. The van der Waals surface area contributed by atoms with E-state index in [2.05, 4.69) is 26.8 Å². The Bertz CT molecular complexity index is 867. The summed E-state index contributed by atoms with van der Waals surface area (Å²) in [4.78, 5) is 47.0. The molecule has 0 saturated carbocycles. The highest BCUT2D eigenvalue weighted by Gasteiger charge is 2.41. The Hall–Kier alpha value is -3.06. The summed E-state index contributed by atoms with van der Waals surface area (Å²) in [6.45, 7) is 5.48. The van der Waals surface area contributed by atoms with Gasteiger partial charge in [0.05, 0.1) is 32.1 Å². The van der Waals surface area contributed by atoms with E-state index in [0.717, 1.165) is 44.9 Å². The second kappa shape index (κ2) is 21.6. The molecule has 1 saturated heterocycles. The molecule has 248 valence electrons. The van der Waals surface area contributed by atoms with Crippen molar-refractivity contribution in [1.29, 1.82) is 0 Å². The minimum atomic E-state index is -0.733. The lowest BCUT2D eigenvalue weighted by atomic mass is 9.96. The summed E-state index contributed by atoms with van der Waals surface area (Å²) in [5, 5.41) is 7.30. The molecule has 1 heterocycles. The number of amides is 3. The van der Waals surface area contributed by atoms with Gasteiger partial charge in [0, 0.05) is 32.4 Å². The summed E-state index contributed by atoms with van der Waals surface area (Å²) in [5.41, 5.74) is -0.596. The number of nitrogens with one attached hydrogen (secondary N) is 3. The van der Waals surface area contributed by atoms with Gasteiger partial charge in [-0.25, -0.2) is 14.4 Å². The van der Waals surface area contributed by atoms with Gasteiger partial charge < -0.3 is 44.4 Å². The van der Waals surface area contributed by atoms with Gasteiger partial charge in [0.15, 0.2) is 0 Å². The number of unbranched alkanes of at least 4 members (excludes halogenated alkanes) is 5. The van der Waals surface area contributed by atoms with Crippen molar-refractivity contribution >= 4 is 24.2 Å². The molecule has 0 radical (unpaired) electrons. The molecule has 1 aliphatic heterocycles. The number of allylic oxidation sites excluding steroid dienone is 1. The van der Waals surface area contributed by atoms with E-state index in [1.807, 2.05) is 13.0 Å². The molecule has 13 nitrogen and oxygen atoms in total. The third-order valence-corrected chi connectivity index (χ3v) is 6.90. The molecule has 1 rings (SSSR count). The van der Waals surface area contributed by atoms with Crippen LogP contribution < -0.4 is 16.0 Å². The van der Waals surface area contributed by atoms with Gasteiger partial charge in [-0.15, -0.1) is 0 Å². The lowest BCUT2D eigenvalue weighted by Crippen LogP contribution is -2.42.